The van der Waals surface area contributed by atoms with E-state index in [-0.39, 0.29) is 18.7 Å². The highest BCUT2D eigenvalue weighted by Gasteiger charge is 2.28. The molecule has 0 aromatic heterocycles. The molecule has 0 spiro atoms. The number of likely N-dealkylation sites (tertiary alicyclic amines) is 1. The number of aliphatic hydroxyl groups is 1. The van der Waals surface area contributed by atoms with Crippen molar-refractivity contribution in [2.75, 3.05) is 13.1 Å². The molecule has 0 bridgehead atoms. The molecule has 1 amide bonds. The first-order valence-electron chi connectivity index (χ1n) is 6.06. The van der Waals surface area contributed by atoms with Gasteiger partial charge in [-0.05, 0) is 12.0 Å². The molecule has 18 heavy (non-hydrogen) atoms. The number of nitrogens with zero attached hydrogens (tertiary/aromatic N) is 1. The van der Waals surface area contributed by atoms with E-state index in [2.05, 4.69) is 0 Å². The quantitative estimate of drug-likeness (QED) is 0.811. The standard InChI is InChI=1S/C13H18N2O3/c14-11-8-15(7-6-12(11)16)13(17)18-9-10-4-2-1-3-5-10/h1-5,11-12,16H,6-9,14H2. The first-order valence-corrected chi connectivity index (χ1v) is 6.06. The Labute approximate surface area is 106 Å². The van der Waals surface area contributed by atoms with E-state index >= 15 is 0 Å². The van der Waals surface area contributed by atoms with Crippen molar-refractivity contribution in [3.63, 3.8) is 0 Å². The van der Waals surface area contributed by atoms with Crippen LogP contribution in [-0.2, 0) is 11.3 Å². The molecule has 1 aliphatic heterocycles. The van der Waals surface area contributed by atoms with Gasteiger partial charge >= 0.3 is 6.09 Å². The Bertz CT molecular complexity index is 396. The zero-order chi connectivity index (χ0) is 13.0. The normalized spacial score (nSPS) is 23.8. The molecule has 3 N–H and O–H groups in total. The van der Waals surface area contributed by atoms with Crippen molar-refractivity contribution >= 4 is 6.09 Å². The van der Waals surface area contributed by atoms with Gasteiger partial charge in [0.25, 0.3) is 0 Å². The van der Waals surface area contributed by atoms with Crippen molar-refractivity contribution in [3.05, 3.63) is 35.9 Å². The maximum Gasteiger partial charge on any atom is 0.410 e. The number of hydrogen-bond acceptors (Lipinski definition) is 4. The number of ether oxygens (including phenoxy) is 1. The summed E-state index contributed by atoms with van der Waals surface area (Å²) in [7, 11) is 0. The van der Waals surface area contributed by atoms with E-state index in [1.165, 1.54) is 0 Å². The average Bonchev–Trinajstić information content (AvgIpc) is 2.40. The maximum atomic E-state index is 11.8. The summed E-state index contributed by atoms with van der Waals surface area (Å²) in [5, 5.41) is 9.48. The molecule has 1 aliphatic rings. The predicted octanol–water partition coefficient (Wildman–Crippen LogP) is 0.717. The van der Waals surface area contributed by atoms with Crippen LogP contribution in [0.15, 0.2) is 30.3 Å². The van der Waals surface area contributed by atoms with Crippen LogP contribution in [0.1, 0.15) is 12.0 Å². The zero-order valence-corrected chi connectivity index (χ0v) is 10.2. The molecule has 1 fully saturated rings. The fourth-order valence-electron chi connectivity index (χ4n) is 1.95. The lowest BCUT2D eigenvalue weighted by Crippen LogP contribution is -2.53. The van der Waals surface area contributed by atoms with Crippen molar-refractivity contribution in [1.82, 2.24) is 4.90 Å². The molecule has 5 heteroatoms. The lowest BCUT2D eigenvalue weighted by Gasteiger charge is -2.33. The van der Waals surface area contributed by atoms with E-state index in [1.807, 2.05) is 30.3 Å². The van der Waals surface area contributed by atoms with E-state index in [0.717, 1.165) is 5.56 Å². The second kappa shape index (κ2) is 5.84. The number of benzene rings is 1. The van der Waals surface area contributed by atoms with E-state index in [1.54, 1.807) is 4.90 Å². The second-order valence-electron chi connectivity index (χ2n) is 4.51. The first-order chi connectivity index (χ1) is 8.66. The molecule has 0 aliphatic carbocycles. The molecule has 1 saturated heterocycles. The molecule has 1 aromatic rings. The predicted molar refractivity (Wildman–Crippen MR) is 66.8 cm³/mol. The number of amides is 1. The molecule has 2 rings (SSSR count). The Balaban J connectivity index is 1.82. The van der Waals surface area contributed by atoms with Crippen LogP contribution in [0.4, 0.5) is 4.79 Å². The van der Waals surface area contributed by atoms with Gasteiger partial charge in [0, 0.05) is 19.1 Å². The van der Waals surface area contributed by atoms with Crippen LogP contribution in [-0.4, -0.2) is 41.3 Å². The summed E-state index contributed by atoms with van der Waals surface area (Å²) < 4.78 is 5.20. The van der Waals surface area contributed by atoms with Crippen molar-refractivity contribution in [2.24, 2.45) is 5.73 Å². The van der Waals surface area contributed by atoms with E-state index < -0.39 is 6.10 Å². The third-order valence-corrected chi connectivity index (χ3v) is 3.08. The summed E-state index contributed by atoms with van der Waals surface area (Å²) in [4.78, 5) is 13.3. The van der Waals surface area contributed by atoms with Gasteiger partial charge in [0.15, 0.2) is 0 Å². The Morgan fingerprint density at radius 2 is 2.17 bits per heavy atom. The van der Waals surface area contributed by atoms with Crippen LogP contribution >= 0.6 is 0 Å². The minimum atomic E-state index is -0.525. The van der Waals surface area contributed by atoms with Crippen molar-refractivity contribution in [3.8, 4) is 0 Å². The second-order valence-corrected chi connectivity index (χ2v) is 4.51. The van der Waals surface area contributed by atoms with Crippen molar-refractivity contribution in [1.29, 1.82) is 0 Å². The molecule has 0 radical (unpaired) electrons. The largest absolute Gasteiger partial charge is 0.445 e. The topological polar surface area (TPSA) is 75.8 Å². The van der Waals surface area contributed by atoms with Crippen LogP contribution in [0.25, 0.3) is 0 Å². The summed E-state index contributed by atoms with van der Waals surface area (Å²) >= 11 is 0. The Morgan fingerprint density at radius 3 is 2.83 bits per heavy atom. The summed E-state index contributed by atoms with van der Waals surface area (Å²) in [6, 6.07) is 9.13. The first kappa shape index (κ1) is 12.9. The summed E-state index contributed by atoms with van der Waals surface area (Å²) in [5.41, 5.74) is 6.67. The van der Waals surface area contributed by atoms with Gasteiger partial charge in [-0.2, -0.15) is 0 Å². The number of piperidine rings is 1. The number of nitrogens with two attached hydrogens (primary N) is 1. The van der Waals surface area contributed by atoms with Crippen LogP contribution in [0.2, 0.25) is 0 Å². The third-order valence-electron chi connectivity index (χ3n) is 3.08. The van der Waals surface area contributed by atoms with Crippen molar-refractivity contribution < 1.29 is 14.6 Å². The lowest BCUT2D eigenvalue weighted by atomic mass is 10.0. The minimum absolute atomic E-state index is 0.258. The van der Waals surface area contributed by atoms with Crippen LogP contribution in [0.3, 0.4) is 0 Å². The van der Waals surface area contributed by atoms with E-state index in [4.69, 9.17) is 10.5 Å². The minimum Gasteiger partial charge on any atom is -0.445 e. The molecular formula is C13H18N2O3. The SMILES string of the molecule is NC1CN(C(=O)OCc2ccccc2)CCC1O. The number of carbonyl (C=O) groups is 1. The van der Waals surface area contributed by atoms with Gasteiger partial charge in [-0.1, -0.05) is 30.3 Å². The van der Waals surface area contributed by atoms with Crippen LogP contribution < -0.4 is 5.73 Å². The fourth-order valence-corrected chi connectivity index (χ4v) is 1.95. The molecule has 1 aromatic carbocycles. The number of carbonyl (C=O) groups excluding carboxylic acids is 1. The molecule has 1 heterocycles. The van der Waals surface area contributed by atoms with Crippen molar-refractivity contribution in [2.45, 2.75) is 25.2 Å². The number of hydrogen-bond donors (Lipinski definition) is 2. The number of aliphatic hydroxyl groups excluding tert-OH is 1. The van der Waals surface area contributed by atoms with Gasteiger partial charge < -0.3 is 20.5 Å². The van der Waals surface area contributed by atoms with Crippen LogP contribution in [0, 0.1) is 0 Å². The number of rotatable bonds is 2. The Hall–Kier alpha value is -1.59. The molecule has 0 saturated carbocycles. The maximum absolute atomic E-state index is 11.8. The fraction of sp³-hybridized carbons (Fsp3) is 0.462. The highest BCUT2D eigenvalue weighted by Crippen LogP contribution is 2.11. The third kappa shape index (κ3) is 3.21. The smallest absolute Gasteiger partial charge is 0.410 e. The van der Waals surface area contributed by atoms with Gasteiger partial charge in [-0.25, -0.2) is 4.79 Å². The molecular weight excluding hydrogens is 232 g/mol. The monoisotopic (exact) mass is 250 g/mol. The van der Waals surface area contributed by atoms with Gasteiger partial charge in [-0.3, -0.25) is 0 Å². The van der Waals surface area contributed by atoms with E-state index in [0.29, 0.717) is 19.5 Å². The van der Waals surface area contributed by atoms with Crippen LogP contribution in [0.5, 0.6) is 0 Å². The zero-order valence-electron chi connectivity index (χ0n) is 10.2. The highest BCUT2D eigenvalue weighted by atomic mass is 16.6. The molecule has 5 nitrogen and oxygen atoms in total. The van der Waals surface area contributed by atoms with Gasteiger partial charge in [-0.15, -0.1) is 0 Å². The Kier molecular flexibility index (Phi) is 4.17. The van der Waals surface area contributed by atoms with Gasteiger partial charge in [0.2, 0.25) is 0 Å². The highest BCUT2D eigenvalue weighted by molar-refractivity contribution is 5.67. The van der Waals surface area contributed by atoms with E-state index in [9.17, 15) is 9.90 Å². The summed E-state index contributed by atoms with van der Waals surface area (Å²) in [6.45, 7) is 1.09. The summed E-state index contributed by atoms with van der Waals surface area (Å²) in [6.07, 6.45) is -0.397. The lowest BCUT2D eigenvalue weighted by molar-refractivity contribution is 0.0441. The summed E-state index contributed by atoms with van der Waals surface area (Å²) in [5.74, 6) is 0. The Morgan fingerprint density at radius 1 is 1.44 bits per heavy atom. The van der Waals surface area contributed by atoms with Gasteiger partial charge in [0.05, 0.1) is 6.10 Å². The van der Waals surface area contributed by atoms with Gasteiger partial charge in [0.1, 0.15) is 6.61 Å². The average molecular weight is 250 g/mol. The molecule has 2 atom stereocenters. The molecule has 98 valence electrons. The molecule has 2 unspecified atom stereocenters.